The van der Waals surface area contributed by atoms with E-state index in [9.17, 15) is 0 Å². The summed E-state index contributed by atoms with van der Waals surface area (Å²) in [6, 6.07) is 4.06. The topological polar surface area (TPSA) is 30.5 Å². The van der Waals surface area contributed by atoms with Crippen LogP contribution in [-0.2, 0) is 6.42 Å². The molecule has 0 unspecified atom stereocenters. The third-order valence-electron chi connectivity index (χ3n) is 3.53. The Labute approximate surface area is 137 Å². The first-order chi connectivity index (χ1) is 10.2. The molecule has 0 heterocycles. The van der Waals surface area contributed by atoms with Gasteiger partial charge < -0.3 is 14.8 Å². The summed E-state index contributed by atoms with van der Waals surface area (Å²) in [5.74, 6) is 1.81. The Hall–Kier alpha value is -0.740. The Balaban J connectivity index is 2.34. The van der Waals surface area contributed by atoms with Crippen molar-refractivity contribution in [3.05, 3.63) is 22.2 Å². The van der Waals surface area contributed by atoms with Gasteiger partial charge in [0.2, 0.25) is 0 Å². The van der Waals surface area contributed by atoms with E-state index in [2.05, 4.69) is 34.2 Å². The molecule has 1 aromatic rings. The number of ether oxygens (including phenoxy) is 2. The fourth-order valence-corrected chi connectivity index (χ4v) is 2.82. The summed E-state index contributed by atoms with van der Waals surface area (Å²) in [4.78, 5) is 0. The van der Waals surface area contributed by atoms with E-state index in [0.717, 1.165) is 35.5 Å². The molecule has 0 saturated heterocycles. The number of benzene rings is 1. The minimum atomic E-state index is 0.870. The van der Waals surface area contributed by atoms with E-state index in [0.29, 0.717) is 0 Å². The summed E-state index contributed by atoms with van der Waals surface area (Å²) in [7, 11) is 3.41. The van der Waals surface area contributed by atoms with Crippen molar-refractivity contribution in [1.29, 1.82) is 0 Å². The van der Waals surface area contributed by atoms with Gasteiger partial charge in [-0.2, -0.15) is 0 Å². The smallest absolute Gasteiger partial charge is 0.133 e. The van der Waals surface area contributed by atoms with Gasteiger partial charge in [-0.05, 0) is 72.4 Å². The molecule has 0 fully saturated rings. The predicted octanol–water partition coefficient (Wildman–Crippen LogP) is 4.57. The quantitative estimate of drug-likeness (QED) is 0.588. The van der Waals surface area contributed by atoms with Crippen LogP contribution >= 0.6 is 15.9 Å². The second-order valence-electron chi connectivity index (χ2n) is 5.21. The summed E-state index contributed by atoms with van der Waals surface area (Å²) in [6.45, 7) is 4.48. The first-order valence-electron chi connectivity index (χ1n) is 7.84. The van der Waals surface area contributed by atoms with Crippen molar-refractivity contribution in [3.63, 3.8) is 0 Å². The zero-order valence-electron chi connectivity index (χ0n) is 13.5. The van der Waals surface area contributed by atoms with E-state index in [1.807, 2.05) is 6.07 Å². The van der Waals surface area contributed by atoms with Crippen LogP contribution in [0.5, 0.6) is 11.5 Å². The molecule has 0 aliphatic heterocycles. The van der Waals surface area contributed by atoms with E-state index < -0.39 is 0 Å². The molecule has 1 aromatic carbocycles. The Morgan fingerprint density at radius 1 is 0.952 bits per heavy atom. The highest BCUT2D eigenvalue weighted by molar-refractivity contribution is 9.10. The lowest BCUT2D eigenvalue weighted by atomic mass is 10.0. The lowest BCUT2D eigenvalue weighted by Gasteiger charge is -2.12. The van der Waals surface area contributed by atoms with Crippen molar-refractivity contribution in [3.8, 4) is 11.5 Å². The molecule has 0 atom stereocenters. The van der Waals surface area contributed by atoms with Gasteiger partial charge in [0.1, 0.15) is 11.5 Å². The highest BCUT2D eigenvalue weighted by Crippen LogP contribution is 2.33. The summed E-state index contributed by atoms with van der Waals surface area (Å²) in [5, 5.41) is 3.44. The molecule has 0 bridgehead atoms. The first-order valence-corrected chi connectivity index (χ1v) is 8.63. The second-order valence-corrected chi connectivity index (χ2v) is 6.07. The molecule has 3 nitrogen and oxygen atoms in total. The van der Waals surface area contributed by atoms with Gasteiger partial charge in [-0.3, -0.25) is 0 Å². The standard InChI is InChI=1S/C17H28BrNO2/c1-4-10-19-11-8-6-5-7-9-14-12-17(21-3)15(18)13-16(14)20-2/h12-13,19H,4-11H2,1-3H3. The zero-order valence-corrected chi connectivity index (χ0v) is 15.1. The maximum absolute atomic E-state index is 5.45. The molecular weight excluding hydrogens is 330 g/mol. The van der Waals surface area contributed by atoms with Gasteiger partial charge in [0, 0.05) is 0 Å². The van der Waals surface area contributed by atoms with Crippen LogP contribution in [0, 0.1) is 0 Å². The third kappa shape index (κ3) is 6.70. The van der Waals surface area contributed by atoms with Gasteiger partial charge >= 0.3 is 0 Å². The SMILES string of the molecule is CCCNCCCCCCc1cc(OC)c(Br)cc1OC. The molecule has 0 saturated carbocycles. The average molecular weight is 358 g/mol. The van der Waals surface area contributed by atoms with Gasteiger partial charge in [-0.1, -0.05) is 19.8 Å². The van der Waals surface area contributed by atoms with Gasteiger partial charge in [0.15, 0.2) is 0 Å². The normalized spacial score (nSPS) is 10.7. The largest absolute Gasteiger partial charge is 0.496 e. The minimum Gasteiger partial charge on any atom is -0.496 e. The maximum atomic E-state index is 5.45. The van der Waals surface area contributed by atoms with E-state index >= 15 is 0 Å². The monoisotopic (exact) mass is 357 g/mol. The molecule has 0 aliphatic carbocycles. The average Bonchev–Trinajstić information content (AvgIpc) is 2.50. The van der Waals surface area contributed by atoms with Crippen LogP contribution in [0.1, 0.15) is 44.6 Å². The number of nitrogens with one attached hydrogen (secondary N) is 1. The van der Waals surface area contributed by atoms with Crippen molar-refractivity contribution in [2.45, 2.75) is 45.4 Å². The van der Waals surface area contributed by atoms with Crippen molar-refractivity contribution >= 4 is 15.9 Å². The van der Waals surface area contributed by atoms with Crippen molar-refractivity contribution in [2.24, 2.45) is 0 Å². The number of halogens is 1. The summed E-state index contributed by atoms with van der Waals surface area (Å²) in [6.07, 6.45) is 7.25. The lowest BCUT2D eigenvalue weighted by molar-refractivity contribution is 0.396. The molecule has 0 aromatic heterocycles. The van der Waals surface area contributed by atoms with Crippen LogP contribution < -0.4 is 14.8 Å². The van der Waals surface area contributed by atoms with Gasteiger partial charge in [-0.25, -0.2) is 0 Å². The molecule has 0 aliphatic rings. The number of hydrogen-bond acceptors (Lipinski definition) is 3. The maximum Gasteiger partial charge on any atom is 0.133 e. The number of methoxy groups -OCH3 is 2. The highest BCUT2D eigenvalue weighted by Gasteiger charge is 2.09. The van der Waals surface area contributed by atoms with Crippen LogP contribution in [0.25, 0.3) is 0 Å². The number of hydrogen-bond donors (Lipinski definition) is 1. The second kappa shape index (κ2) is 10.9. The molecular formula is C17H28BrNO2. The molecule has 0 spiro atoms. The van der Waals surface area contributed by atoms with Gasteiger partial charge in [-0.15, -0.1) is 0 Å². The number of aryl methyl sites for hydroxylation is 1. The molecule has 120 valence electrons. The minimum absolute atomic E-state index is 0.870. The summed E-state index contributed by atoms with van der Waals surface area (Å²) < 4.78 is 11.7. The third-order valence-corrected chi connectivity index (χ3v) is 4.15. The van der Waals surface area contributed by atoms with E-state index in [-0.39, 0.29) is 0 Å². The molecule has 0 amide bonds. The predicted molar refractivity (Wildman–Crippen MR) is 92.6 cm³/mol. The fraction of sp³-hybridized carbons (Fsp3) is 0.647. The number of rotatable bonds is 11. The molecule has 4 heteroatoms. The van der Waals surface area contributed by atoms with E-state index in [4.69, 9.17) is 9.47 Å². The van der Waals surface area contributed by atoms with Crippen LogP contribution in [0.3, 0.4) is 0 Å². The summed E-state index contributed by atoms with van der Waals surface area (Å²) in [5.41, 5.74) is 1.22. The van der Waals surface area contributed by atoms with Gasteiger partial charge in [0.05, 0.1) is 18.7 Å². The zero-order chi connectivity index (χ0) is 15.5. The van der Waals surface area contributed by atoms with E-state index in [1.54, 1.807) is 14.2 Å². The van der Waals surface area contributed by atoms with Crippen molar-refractivity contribution < 1.29 is 9.47 Å². The van der Waals surface area contributed by atoms with Crippen molar-refractivity contribution in [1.82, 2.24) is 5.32 Å². The molecule has 21 heavy (non-hydrogen) atoms. The Kier molecular flexibility index (Phi) is 9.51. The first kappa shape index (κ1) is 18.3. The van der Waals surface area contributed by atoms with Crippen LogP contribution in [-0.4, -0.2) is 27.3 Å². The highest BCUT2D eigenvalue weighted by atomic mass is 79.9. The summed E-state index contributed by atoms with van der Waals surface area (Å²) >= 11 is 3.49. The molecule has 0 radical (unpaired) electrons. The van der Waals surface area contributed by atoms with Crippen LogP contribution in [0.2, 0.25) is 0 Å². The Morgan fingerprint density at radius 2 is 1.67 bits per heavy atom. The molecule has 1 rings (SSSR count). The van der Waals surface area contributed by atoms with Crippen molar-refractivity contribution in [2.75, 3.05) is 27.3 Å². The Bertz CT molecular complexity index is 410. The molecule has 1 N–H and O–H groups in total. The Morgan fingerprint density at radius 3 is 2.33 bits per heavy atom. The fourth-order valence-electron chi connectivity index (χ4n) is 2.34. The van der Waals surface area contributed by atoms with Gasteiger partial charge in [0.25, 0.3) is 0 Å². The van der Waals surface area contributed by atoms with E-state index in [1.165, 1.54) is 37.7 Å². The number of unbranched alkanes of at least 4 members (excludes halogenated alkanes) is 3. The van der Waals surface area contributed by atoms with Crippen LogP contribution in [0.15, 0.2) is 16.6 Å². The lowest BCUT2D eigenvalue weighted by Crippen LogP contribution is -2.15. The van der Waals surface area contributed by atoms with Crippen LogP contribution in [0.4, 0.5) is 0 Å².